The molecule has 0 radical (unpaired) electrons. The minimum Gasteiger partial charge on any atom is -0.480 e. The van der Waals surface area contributed by atoms with Crippen molar-refractivity contribution in [3.63, 3.8) is 0 Å². The van der Waals surface area contributed by atoms with Crippen LogP contribution in [-0.4, -0.2) is 68.5 Å². The Morgan fingerprint density at radius 2 is 2.03 bits per heavy atom. The van der Waals surface area contributed by atoms with Crippen LogP contribution < -0.4 is 10.6 Å². The number of nitrogens with zero attached hydrogens (tertiary/aromatic N) is 2. The van der Waals surface area contributed by atoms with Crippen LogP contribution in [0.2, 0.25) is 5.15 Å². The smallest absolute Gasteiger partial charge is 0.329 e. The van der Waals surface area contributed by atoms with Crippen LogP contribution in [0, 0.1) is 5.92 Å². The summed E-state index contributed by atoms with van der Waals surface area (Å²) in [5, 5.41) is 26.1. The third-order valence-corrected chi connectivity index (χ3v) is 6.48. The van der Waals surface area contributed by atoms with Gasteiger partial charge in [0.1, 0.15) is 12.3 Å². The lowest BCUT2D eigenvalue weighted by molar-refractivity contribution is -0.230. The van der Waals surface area contributed by atoms with Crippen LogP contribution in [0.4, 0.5) is 11.5 Å². The number of amides is 1. The number of halogens is 1. The molecule has 0 bridgehead atoms. The number of hydrogen-bond donors (Lipinski definition) is 4. The normalized spacial score (nSPS) is 22.1. The van der Waals surface area contributed by atoms with Crippen LogP contribution in [0.3, 0.4) is 0 Å². The standard InChI is InChI=1S/C23H35ClN4O6S/c1-6-9-16(29)26-18-20(24)27-22(35-10-7-2)28-21(18)25-14-11-15(33-12-17(30)31)19(13(14)8-3)34-23(4,5)32/h8,13-15,19,32H,3,6-7,9-12H2,1-2,4-5H3,(H,26,29)(H,30,31)(H,25,27,28). The Morgan fingerprint density at radius 3 is 2.60 bits per heavy atom. The first kappa shape index (κ1) is 29.3. The Bertz CT molecular complexity index is 897. The predicted molar refractivity (Wildman–Crippen MR) is 136 cm³/mol. The number of rotatable bonds is 14. The third kappa shape index (κ3) is 8.91. The summed E-state index contributed by atoms with van der Waals surface area (Å²) in [6, 6.07) is -0.365. The summed E-state index contributed by atoms with van der Waals surface area (Å²) in [6.07, 6.45) is 2.60. The lowest BCUT2D eigenvalue weighted by atomic mass is 10.0. The van der Waals surface area contributed by atoms with Crippen LogP contribution in [0.15, 0.2) is 17.8 Å². The number of aliphatic hydroxyl groups is 1. The lowest BCUT2D eigenvalue weighted by Crippen LogP contribution is -2.40. The number of carbonyl (C=O) groups excluding carboxylic acids is 1. The molecule has 0 aromatic carbocycles. The van der Waals surface area contributed by atoms with Gasteiger partial charge in [-0.2, -0.15) is 0 Å². The van der Waals surface area contributed by atoms with Gasteiger partial charge in [-0.15, -0.1) is 6.58 Å². The van der Waals surface area contributed by atoms with Gasteiger partial charge in [0.25, 0.3) is 0 Å². The van der Waals surface area contributed by atoms with E-state index in [1.807, 2.05) is 13.8 Å². The van der Waals surface area contributed by atoms with Crippen molar-refractivity contribution in [2.45, 2.75) is 82.6 Å². The average molecular weight is 531 g/mol. The monoisotopic (exact) mass is 530 g/mol. The number of aliphatic carboxylic acids is 1. The van der Waals surface area contributed by atoms with Crippen molar-refractivity contribution in [3.8, 4) is 0 Å². The van der Waals surface area contributed by atoms with Crippen LogP contribution in [-0.2, 0) is 19.1 Å². The molecule has 4 N–H and O–H groups in total. The summed E-state index contributed by atoms with van der Waals surface area (Å²) >= 11 is 7.90. The Labute approximate surface area is 215 Å². The van der Waals surface area contributed by atoms with Gasteiger partial charge in [0.2, 0.25) is 5.91 Å². The van der Waals surface area contributed by atoms with Gasteiger partial charge in [0.15, 0.2) is 21.9 Å². The molecule has 196 valence electrons. The second-order valence-corrected chi connectivity index (χ2v) is 10.2. The number of ether oxygens (including phenoxy) is 2. The SMILES string of the molecule is C=CC1C(Nc2nc(SCCC)nc(Cl)c2NC(=O)CCC)CC(OCC(=O)O)C1OC(C)(C)O. The maximum atomic E-state index is 12.3. The van der Waals surface area contributed by atoms with Gasteiger partial charge < -0.3 is 30.3 Å². The van der Waals surface area contributed by atoms with Crippen LogP contribution in [0.5, 0.6) is 0 Å². The van der Waals surface area contributed by atoms with Gasteiger partial charge >= 0.3 is 5.97 Å². The number of thioether (sulfide) groups is 1. The van der Waals surface area contributed by atoms with Gasteiger partial charge in [-0.1, -0.05) is 43.3 Å². The van der Waals surface area contributed by atoms with Crippen LogP contribution in [0.25, 0.3) is 0 Å². The fourth-order valence-corrected chi connectivity index (χ4v) is 4.76. The molecular weight excluding hydrogens is 496 g/mol. The Hall–Kier alpha value is -1.92. The minimum absolute atomic E-state index is 0.113. The highest BCUT2D eigenvalue weighted by Crippen LogP contribution is 2.38. The van der Waals surface area contributed by atoms with E-state index < -0.39 is 30.6 Å². The molecule has 4 atom stereocenters. The van der Waals surface area contributed by atoms with E-state index in [9.17, 15) is 14.7 Å². The molecule has 1 fully saturated rings. The predicted octanol–water partition coefficient (Wildman–Crippen LogP) is 3.94. The van der Waals surface area contributed by atoms with Gasteiger partial charge in [-0.25, -0.2) is 14.8 Å². The molecule has 1 amide bonds. The van der Waals surface area contributed by atoms with E-state index in [4.69, 9.17) is 26.2 Å². The molecule has 1 aromatic rings. The number of carbonyl (C=O) groups is 2. The summed E-state index contributed by atoms with van der Waals surface area (Å²) in [5.74, 6) is -2.05. The first-order valence-electron chi connectivity index (χ1n) is 11.6. The number of carboxylic acids is 1. The molecule has 4 unspecified atom stereocenters. The number of hydrogen-bond acceptors (Lipinski definition) is 9. The van der Waals surface area contributed by atoms with Gasteiger partial charge in [0, 0.05) is 24.1 Å². The highest BCUT2D eigenvalue weighted by molar-refractivity contribution is 7.99. The second kappa shape index (κ2) is 13.4. The Kier molecular flexibility index (Phi) is 11.2. The molecule has 35 heavy (non-hydrogen) atoms. The van der Waals surface area contributed by atoms with Crippen molar-refractivity contribution in [2.24, 2.45) is 5.92 Å². The molecule has 1 heterocycles. The summed E-state index contributed by atoms with van der Waals surface area (Å²) in [7, 11) is 0. The van der Waals surface area contributed by atoms with Crippen molar-refractivity contribution >= 4 is 46.7 Å². The summed E-state index contributed by atoms with van der Waals surface area (Å²) in [5.41, 5.74) is 0.267. The van der Waals surface area contributed by atoms with Crippen molar-refractivity contribution in [2.75, 3.05) is 23.0 Å². The van der Waals surface area contributed by atoms with Crippen molar-refractivity contribution in [1.29, 1.82) is 0 Å². The third-order valence-electron chi connectivity index (χ3n) is 5.16. The molecule has 0 aliphatic heterocycles. The van der Waals surface area contributed by atoms with E-state index >= 15 is 0 Å². The van der Waals surface area contributed by atoms with Crippen molar-refractivity contribution in [3.05, 3.63) is 17.8 Å². The van der Waals surface area contributed by atoms with Gasteiger partial charge in [0.05, 0.1) is 12.2 Å². The number of nitrogens with one attached hydrogen (secondary N) is 2. The second-order valence-electron chi connectivity index (χ2n) is 8.74. The molecule has 2 rings (SSSR count). The maximum absolute atomic E-state index is 12.3. The molecule has 0 saturated heterocycles. The lowest BCUT2D eigenvalue weighted by Gasteiger charge is -2.30. The first-order chi connectivity index (χ1) is 16.5. The average Bonchev–Trinajstić information content (AvgIpc) is 3.07. The molecular formula is C23H35ClN4O6S. The van der Waals surface area contributed by atoms with Crippen molar-refractivity contribution < 1.29 is 29.3 Å². The largest absolute Gasteiger partial charge is 0.480 e. The fourth-order valence-electron chi connectivity index (χ4n) is 3.79. The fraction of sp³-hybridized carbons (Fsp3) is 0.652. The number of carboxylic acid groups (broad SMARTS) is 1. The van der Waals surface area contributed by atoms with E-state index in [0.29, 0.717) is 30.2 Å². The zero-order valence-corrected chi connectivity index (χ0v) is 22.1. The molecule has 1 aliphatic rings. The molecule has 1 saturated carbocycles. The van der Waals surface area contributed by atoms with E-state index in [1.54, 1.807) is 6.08 Å². The maximum Gasteiger partial charge on any atom is 0.329 e. The first-order valence-corrected chi connectivity index (χ1v) is 13.0. The van der Waals surface area contributed by atoms with Gasteiger partial charge in [-0.3, -0.25) is 4.79 Å². The zero-order chi connectivity index (χ0) is 26.2. The van der Waals surface area contributed by atoms with Crippen molar-refractivity contribution in [1.82, 2.24) is 9.97 Å². The highest BCUT2D eigenvalue weighted by atomic mass is 35.5. The Morgan fingerprint density at radius 1 is 1.31 bits per heavy atom. The molecule has 12 heteroatoms. The summed E-state index contributed by atoms with van der Waals surface area (Å²) in [4.78, 5) is 32.4. The topological polar surface area (TPSA) is 143 Å². The summed E-state index contributed by atoms with van der Waals surface area (Å²) in [6.45, 7) is 10.3. The van der Waals surface area contributed by atoms with E-state index in [2.05, 4.69) is 27.2 Å². The molecule has 10 nitrogen and oxygen atoms in total. The van der Waals surface area contributed by atoms with Gasteiger partial charge in [-0.05, 0) is 33.1 Å². The van der Waals surface area contributed by atoms with Crippen LogP contribution in [0.1, 0.15) is 53.4 Å². The highest BCUT2D eigenvalue weighted by Gasteiger charge is 2.46. The van der Waals surface area contributed by atoms with Crippen LogP contribution >= 0.6 is 23.4 Å². The zero-order valence-electron chi connectivity index (χ0n) is 20.5. The van der Waals surface area contributed by atoms with E-state index in [0.717, 1.165) is 12.2 Å². The minimum atomic E-state index is -1.48. The molecule has 1 aromatic heterocycles. The summed E-state index contributed by atoms with van der Waals surface area (Å²) < 4.78 is 11.4. The Balaban J connectivity index is 2.40. The quantitative estimate of drug-likeness (QED) is 0.0917. The molecule has 1 aliphatic carbocycles. The molecule has 0 spiro atoms. The van der Waals surface area contributed by atoms with E-state index in [1.165, 1.54) is 25.6 Å². The number of aromatic nitrogens is 2. The number of anilines is 2. The van der Waals surface area contributed by atoms with E-state index in [-0.39, 0.29) is 28.7 Å².